The lowest BCUT2D eigenvalue weighted by Crippen LogP contribution is -2.20. The maximum absolute atomic E-state index is 12.0. The largest absolute Gasteiger partial charge is 0.469 e. The molecule has 0 spiro atoms. The number of furan rings is 1. The molecule has 0 bridgehead atoms. The highest BCUT2D eigenvalue weighted by molar-refractivity contribution is 6.02. The zero-order valence-electron chi connectivity index (χ0n) is 11.9. The normalized spacial score (nSPS) is 11.4. The summed E-state index contributed by atoms with van der Waals surface area (Å²) < 4.78 is 5.11. The molecule has 0 saturated carbocycles. The molecule has 104 valence electrons. The molecule has 2 rings (SSSR count). The van der Waals surface area contributed by atoms with Crippen molar-refractivity contribution >= 4 is 11.6 Å². The molecule has 1 aromatic heterocycles. The first-order valence-corrected chi connectivity index (χ1v) is 6.60. The Bertz CT molecular complexity index is 624. The van der Waals surface area contributed by atoms with Gasteiger partial charge in [-0.1, -0.05) is 36.8 Å². The summed E-state index contributed by atoms with van der Waals surface area (Å²) in [6.45, 7) is 5.79. The Morgan fingerprint density at radius 3 is 2.45 bits per heavy atom. The number of hydrogen-bond acceptors (Lipinski definition) is 3. The van der Waals surface area contributed by atoms with Gasteiger partial charge in [-0.05, 0) is 31.9 Å². The van der Waals surface area contributed by atoms with Crippen LogP contribution < -0.4 is 5.43 Å². The van der Waals surface area contributed by atoms with E-state index in [2.05, 4.69) is 10.5 Å². The fraction of sp³-hybridized carbons (Fsp3) is 0.250. The molecule has 0 atom stereocenters. The summed E-state index contributed by atoms with van der Waals surface area (Å²) in [7, 11) is 0. The van der Waals surface area contributed by atoms with E-state index < -0.39 is 0 Å². The standard InChI is InChI=1S/C16H18N2O2/c1-4-15(13-7-5-11(2)6-8-13)17-18-16(19)14-9-10-20-12(14)3/h5-10H,4H2,1-3H3,(H,18,19)/b17-15-. The summed E-state index contributed by atoms with van der Waals surface area (Å²) in [4.78, 5) is 12.0. The van der Waals surface area contributed by atoms with E-state index in [9.17, 15) is 4.79 Å². The number of nitrogens with zero attached hydrogens (tertiary/aromatic N) is 1. The molecule has 0 radical (unpaired) electrons. The van der Waals surface area contributed by atoms with Crippen LogP contribution in [0.3, 0.4) is 0 Å². The summed E-state index contributed by atoms with van der Waals surface area (Å²) >= 11 is 0. The summed E-state index contributed by atoms with van der Waals surface area (Å²) in [6, 6.07) is 9.71. The lowest BCUT2D eigenvalue weighted by Gasteiger charge is -2.05. The first kappa shape index (κ1) is 14.1. The molecule has 4 nitrogen and oxygen atoms in total. The van der Waals surface area contributed by atoms with Crippen molar-refractivity contribution in [1.82, 2.24) is 5.43 Å². The summed E-state index contributed by atoms with van der Waals surface area (Å²) in [5.74, 6) is 0.334. The lowest BCUT2D eigenvalue weighted by molar-refractivity contribution is 0.0953. The minimum absolute atomic E-state index is 0.255. The van der Waals surface area contributed by atoms with Gasteiger partial charge in [-0.15, -0.1) is 0 Å². The van der Waals surface area contributed by atoms with Gasteiger partial charge in [0.2, 0.25) is 0 Å². The van der Waals surface area contributed by atoms with Crippen molar-refractivity contribution in [1.29, 1.82) is 0 Å². The van der Waals surface area contributed by atoms with Gasteiger partial charge in [-0.2, -0.15) is 5.10 Å². The highest BCUT2D eigenvalue weighted by Crippen LogP contribution is 2.09. The Kier molecular flexibility index (Phi) is 4.35. The highest BCUT2D eigenvalue weighted by Gasteiger charge is 2.11. The van der Waals surface area contributed by atoms with E-state index in [-0.39, 0.29) is 5.91 Å². The second kappa shape index (κ2) is 6.19. The first-order valence-electron chi connectivity index (χ1n) is 6.60. The maximum Gasteiger partial charge on any atom is 0.274 e. The minimum atomic E-state index is -0.255. The Hall–Kier alpha value is -2.36. The molecule has 1 N–H and O–H groups in total. The number of nitrogens with one attached hydrogen (secondary N) is 1. The van der Waals surface area contributed by atoms with Crippen LogP contribution in [0.15, 0.2) is 46.1 Å². The van der Waals surface area contributed by atoms with Gasteiger partial charge in [0.15, 0.2) is 0 Å². The monoisotopic (exact) mass is 270 g/mol. The molecule has 4 heteroatoms. The van der Waals surface area contributed by atoms with Crippen LogP contribution in [0.25, 0.3) is 0 Å². The third-order valence-electron chi connectivity index (χ3n) is 3.12. The van der Waals surface area contributed by atoms with Crippen LogP contribution >= 0.6 is 0 Å². The molecule has 0 saturated heterocycles. The smallest absolute Gasteiger partial charge is 0.274 e. The van der Waals surface area contributed by atoms with Gasteiger partial charge in [-0.25, -0.2) is 5.43 Å². The molecule has 2 aromatic rings. The summed E-state index contributed by atoms with van der Waals surface area (Å²) in [6.07, 6.45) is 2.24. The van der Waals surface area contributed by atoms with Crippen LogP contribution in [0.4, 0.5) is 0 Å². The first-order chi connectivity index (χ1) is 9.61. The second-order valence-corrected chi connectivity index (χ2v) is 4.61. The molecule has 1 aromatic carbocycles. The van der Waals surface area contributed by atoms with Crippen LogP contribution in [0.1, 0.15) is 40.6 Å². The topological polar surface area (TPSA) is 54.6 Å². The fourth-order valence-electron chi connectivity index (χ4n) is 1.89. The number of hydrogen-bond donors (Lipinski definition) is 1. The summed E-state index contributed by atoms with van der Waals surface area (Å²) in [5.41, 5.74) is 6.15. The van der Waals surface area contributed by atoms with E-state index in [1.54, 1.807) is 13.0 Å². The predicted octanol–water partition coefficient (Wildman–Crippen LogP) is 3.44. The molecule has 0 aliphatic heterocycles. The molecular weight excluding hydrogens is 252 g/mol. The Morgan fingerprint density at radius 1 is 1.20 bits per heavy atom. The molecule has 0 aliphatic rings. The van der Waals surface area contributed by atoms with Gasteiger partial charge >= 0.3 is 0 Å². The third kappa shape index (κ3) is 3.15. The van der Waals surface area contributed by atoms with E-state index in [0.717, 1.165) is 17.7 Å². The van der Waals surface area contributed by atoms with Gasteiger partial charge < -0.3 is 4.42 Å². The zero-order valence-corrected chi connectivity index (χ0v) is 11.9. The van der Waals surface area contributed by atoms with Crippen molar-refractivity contribution in [2.75, 3.05) is 0 Å². The van der Waals surface area contributed by atoms with Crippen molar-refractivity contribution < 1.29 is 9.21 Å². The molecule has 0 aliphatic carbocycles. The number of amides is 1. The SMILES string of the molecule is CC/C(=N/NC(=O)c1ccoc1C)c1ccc(C)cc1. The molecule has 1 heterocycles. The number of benzene rings is 1. The van der Waals surface area contributed by atoms with Gasteiger partial charge in [0.25, 0.3) is 5.91 Å². The van der Waals surface area contributed by atoms with Crippen molar-refractivity contribution in [3.63, 3.8) is 0 Å². The third-order valence-corrected chi connectivity index (χ3v) is 3.12. The Labute approximate surface area is 118 Å². The Balaban J connectivity index is 2.14. The van der Waals surface area contributed by atoms with Crippen LogP contribution in [0.5, 0.6) is 0 Å². The fourth-order valence-corrected chi connectivity index (χ4v) is 1.89. The molecule has 20 heavy (non-hydrogen) atoms. The number of aryl methyl sites for hydroxylation is 2. The average molecular weight is 270 g/mol. The van der Waals surface area contributed by atoms with Crippen LogP contribution in [-0.4, -0.2) is 11.6 Å². The van der Waals surface area contributed by atoms with E-state index in [1.807, 2.05) is 38.1 Å². The van der Waals surface area contributed by atoms with Crippen molar-refractivity contribution in [3.05, 3.63) is 59.0 Å². The van der Waals surface area contributed by atoms with E-state index in [4.69, 9.17) is 4.42 Å². The van der Waals surface area contributed by atoms with Gasteiger partial charge in [-0.3, -0.25) is 4.79 Å². The zero-order chi connectivity index (χ0) is 14.5. The van der Waals surface area contributed by atoms with E-state index >= 15 is 0 Å². The molecule has 0 unspecified atom stereocenters. The van der Waals surface area contributed by atoms with E-state index in [1.165, 1.54) is 11.8 Å². The summed E-state index contributed by atoms with van der Waals surface area (Å²) in [5, 5.41) is 4.21. The van der Waals surface area contributed by atoms with Crippen molar-refractivity contribution in [2.24, 2.45) is 5.10 Å². The average Bonchev–Trinajstić information content (AvgIpc) is 2.87. The van der Waals surface area contributed by atoms with Crippen LogP contribution in [-0.2, 0) is 0 Å². The van der Waals surface area contributed by atoms with Crippen molar-refractivity contribution in [3.8, 4) is 0 Å². The van der Waals surface area contributed by atoms with Gasteiger partial charge in [0.1, 0.15) is 5.76 Å². The molecule has 0 fully saturated rings. The van der Waals surface area contributed by atoms with Gasteiger partial charge in [0.05, 0.1) is 17.5 Å². The highest BCUT2D eigenvalue weighted by atomic mass is 16.3. The second-order valence-electron chi connectivity index (χ2n) is 4.61. The number of carbonyl (C=O) groups is 1. The van der Waals surface area contributed by atoms with Gasteiger partial charge in [0, 0.05) is 0 Å². The van der Waals surface area contributed by atoms with E-state index in [0.29, 0.717) is 11.3 Å². The van der Waals surface area contributed by atoms with Crippen LogP contribution in [0, 0.1) is 13.8 Å². The minimum Gasteiger partial charge on any atom is -0.469 e. The van der Waals surface area contributed by atoms with Crippen molar-refractivity contribution in [2.45, 2.75) is 27.2 Å². The number of rotatable bonds is 4. The number of carbonyl (C=O) groups excluding carboxylic acids is 1. The maximum atomic E-state index is 12.0. The quantitative estimate of drug-likeness (QED) is 0.683. The molecule has 1 amide bonds. The predicted molar refractivity (Wildman–Crippen MR) is 78.9 cm³/mol. The molecular formula is C16H18N2O2. The number of hydrazone groups is 1. The Morgan fingerprint density at radius 2 is 1.90 bits per heavy atom. The van der Waals surface area contributed by atoms with Crippen LogP contribution in [0.2, 0.25) is 0 Å². The lowest BCUT2D eigenvalue weighted by atomic mass is 10.1.